The minimum absolute atomic E-state index is 0.112. The highest BCUT2D eigenvalue weighted by molar-refractivity contribution is 5.75. The molecule has 1 aromatic heterocycles. The van der Waals surface area contributed by atoms with Crippen LogP contribution in [0.4, 0.5) is 5.95 Å². The lowest BCUT2D eigenvalue weighted by atomic mass is 9.81. The lowest BCUT2D eigenvalue weighted by molar-refractivity contribution is -0.121. The Hall–Kier alpha value is -2.45. The second-order valence-electron chi connectivity index (χ2n) is 9.60. The zero-order chi connectivity index (χ0) is 22.1. The number of hydrogen-bond donors (Lipinski definition) is 3. The number of hydrazine groups is 1. The number of nitrogens with one attached hydrogen (secondary N) is 3. The van der Waals surface area contributed by atoms with Crippen LogP contribution in [0.3, 0.4) is 0 Å². The molecule has 8 heteroatoms. The molecule has 3 aliphatic rings. The van der Waals surface area contributed by atoms with Crippen LogP contribution in [-0.4, -0.2) is 39.5 Å². The van der Waals surface area contributed by atoms with Crippen molar-refractivity contribution in [3.05, 3.63) is 41.7 Å². The molecule has 8 nitrogen and oxygen atoms in total. The fourth-order valence-electron chi connectivity index (χ4n) is 5.63. The van der Waals surface area contributed by atoms with Crippen LogP contribution in [0.25, 0.3) is 0 Å². The van der Waals surface area contributed by atoms with Crippen molar-refractivity contribution in [2.75, 3.05) is 11.6 Å². The van der Waals surface area contributed by atoms with E-state index in [4.69, 9.17) is 0 Å². The molecule has 5 atom stereocenters. The molecule has 1 saturated heterocycles. The minimum Gasteiger partial charge on any atom is -0.356 e. The molecule has 0 bridgehead atoms. The molecule has 172 valence electrons. The molecular weight excluding hydrogens is 402 g/mol. The van der Waals surface area contributed by atoms with Gasteiger partial charge >= 0.3 is 0 Å². The Morgan fingerprint density at radius 2 is 2.03 bits per heavy atom. The summed E-state index contributed by atoms with van der Waals surface area (Å²) < 4.78 is 2.36. The molecule has 2 aromatic rings. The largest absolute Gasteiger partial charge is 0.356 e. The molecule has 1 amide bonds. The number of fused-ring (bicyclic) bond motifs is 6. The van der Waals surface area contributed by atoms with Gasteiger partial charge in [0.15, 0.2) is 0 Å². The van der Waals surface area contributed by atoms with Gasteiger partial charge in [0.05, 0.1) is 6.17 Å². The summed E-state index contributed by atoms with van der Waals surface area (Å²) in [5.74, 6) is 2.92. The zero-order valence-corrected chi connectivity index (χ0v) is 19.1. The smallest absolute Gasteiger partial charge is 0.243 e. The van der Waals surface area contributed by atoms with Gasteiger partial charge in [-0.3, -0.25) is 19.7 Å². The van der Waals surface area contributed by atoms with Gasteiger partial charge in [-0.1, -0.05) is 50.1 Å². The standard InChI is InChI=1S/C24H35N7O/c1-16(18-9-4-3-5-10-18)15-25-22(32)14-8-13-21-27-28-24-30(21)20-12-7-6-11-19(20)23-26-17(2)29-31(23)24/h3-5,9-10,16-17,19-20,23,26,29H,6-8,11-15H2,1-2H3,(H,25,32)/t16-,17?,19?,20?,23?/m1/s1. The summed E-state index contributed by atoms with van der Waals surface area (Å²) in [6.07, 6.45) is 7.56. The molecule has 32 heavy (non-hydrogen) atoms. The summed E-state index contributed by atoms with van der Waals surface area (Å²) in [5.41, 5.74) is 4.76. The molecule has 2 fully saturated rings. The van der Waals surface area contributed by atoms with Crippen LogP contribution in [0.1, 0.15) is 75.7 Å². The predicted molar refractivity (Wildman–Crippen MR) is 124 cm³/mol. The number of benzene rings is 1. The average Bonchev–Trinajstić information content (AvgIpc) is 3.42. The van der Waals surface area contributed by atoms with Gasteiger partial charge in [0.25, 0.3) is 0 Å². The van der Waals surface area contributed by atoms with Crippen molar-refractivity contribution < 1.29 is 4.79 Å². The van der Waals surface area contributed by atoms with E-state index < -0.39 is 0 Å². The van der Waals surface area contributed by atoms with Crippen molar-refractivity contribution in [1.82, 2.24) is 30.8 Å². The number of hydrogen-bond acceptors (Lipinski definition) is 6. The Bertz CT molecular complexity index is 930. The number of amides is 1. The Morgan fingerprint density at radius 1 is 1.22 bits per heavy atom. The van der Waals surface area contributed by atoms with Gasteiger partial charge < -0.3 is 5.32 Å². The number of carbonyl (C=O) groups excluding carboxylic acids is 1. The van der Waals surface area contributed by atoms with Crippen molar-refractivity contribution in [3.63, 3.8) is 0 Å². The van der Waals surface area contributed by atoms with Crippen molar-refractivity contribution in [2.24, 2.45) is 5.92 Å². The lowest BCUT2D eigenvalue weighted by Crippen LogP contribution is -2.53. The van der Waals surface area contributed by atoms with Crippen molar-refractivity contribution in [1.29, 1.82) is 0 Å². The van der Waals surface area contributed by atoms with Crippen molar-refractivity contribution >= 4 is 11.9 Å². The quantitative estimate of drug-likeness (QED) is 0.618. The maximum Gasteiger partial charge on any atom is 0.243 e. The molecule has 1 saturated carbocycles. The fraction of sp³-hybridized carbons (Fsp3) is 0.625. The molecule has 4 unspecified atom stereocenters. The lowest BCUT2D eigenvalue weighted by Gasteiger charge is -2.44. The summed E-state index contributed by atoms with van der Waals surface area (Å²) in [7, 11) is 0. The maximum atomic E-state index is 12.4. The van der Waals surface area contributed by atoms with E-state index in [0.717, 1.165) is 24.6 Å². The summed E-state index contributed by atoms with van der Waals surface area (Å²) in [5, 5.41) is 18.1. The molecule has 0 spiro atoms. The van der Waals surface area contributed by atoms with Crippen LogP contribution in [0.5, 0.6) is 0 Å². The molecule has 1 aliphatic carbocycles. The topological polar surface area (TPSA) is 87.1 Å². The predicted octanol–water partition coefficient (Wildman–Crippen LogP) is 2.85. The Labute approximate surface area is 190 Å². The van der Waals surface area contributed by atoms with Gasteiger partial charge in [-0.2, -0.15) is 0 Å². The first-order valence-electron chi connectivity index (χ1n) is 12.2. The number of aromatic nitrogens is 3. The van der Waals surface area contributed by atoms with E-state index >= 15 is 0 Å². The third-order valence-corrected chi connectivity index (χ3v) is 7.29. The van der Waals surface area contributed by atoms with Gasteiger partial charge in [0.2, 0.25) is 11.9 Å². The molecule has 0 radical (unpaired) electrons. The number of aryl methyl sites for hydroxylation is 1. The maximum absolute atomic E-state index is 12.4. The number of carbonyl (C=O) groups is 1. The van der Waals surface area contributed by atoms with E-state index in [0.29, 0.717) is 30.8 Å². The van der Waals surface area contributed by atoms with Crippen LogP contribution in [0.15, 0.2) is 30.3 Å². The summed E-state index contributed by atoms with van der Waals surface area (Å²) in [6, 6.07) is 10.8. The molecule has 3 N–H and O–H groups in total. The first-order chi connectivity index (χ1) is 15.6. The van der Waals surface area contributed by atoms with Crippen LogP contribution in [0.2, 0.25) is 0 Å². The monoisotopic (exact) mass is 437 g/mol. The Kier molecular flexibility index (Phi) is 6.15. The van der Waals surface area contributed by atoms with E-state index in [1.54, 1.807) is 0 Å². The van der Waals surface area contributed by atoms with E-state index in [-0.39, 0.29) is 18.2 Å². The van der Waals surface area contributed by atoms with E-state index in [9.17, 15) is 4.79 Å². The van der Waals surface area contributed by atoms with Gasteiger partial charge in [-0.15, -0.1) is 10.2 Å². The van der Waals surface area contributed by atoms with Crippen LogP contribution in [0, 0.1) is 5.92 Å². The third-order valence-electron chi connectivity index (χ3n) is 7.29. The minimum atomic E-state index is 0.112. The Balaban J connectivity index is 1.19. The SMILES string of the molecule is CC1NC2C3CCCCC3n3c(CCCC(=O)NC[C@@H](C)c4ccccc4)nnc3N2N1. The van der Waals surface area contributed by atoms with Crippen molar-refractivity contribution in [3.8, 4) is 0 Å². The zero-order valence-electron chi connectivity index (χ0n) is 19.1. The Morgan fingerprint density at radius 3 is 2.88 bits per heavy atom. The fourth-order valence-corrected chi connectivity index (χ4v) is 5.63. The number of rotatable bonds is 7. The first-order valence-corrected chi connectivity index (χ1v) is 12.2. The highest BCUT2D eigenvalue weighted by Gasteiger charge is 2.47. The van der Waals surface area contributed by atoms with Gasteiger partial charge in [0.1, 0.15) is 12.0 Å². The summed E-state index contributed by atoms with van der Waals surface area (Å²) in [6.45, 7) is 4.96. The van der Waals surface area contributed by atoms with Crippen LogP contribution < -0.4 is 21.1 Å². The average molecular weight is 438 g/mol. The highest BCUT2D eigenvalue weighted by Crippen LogP contribution is 2.44. The normalized spacial score (nSPS) is 27.4. The molecule has 1 aromatic carbocycles. The van der Waals surface area contributed by atoms with Gasteiger partial charge in [-0.05, 0) is 37.7 Å². The summed E-state index contributed by atoms with van der Waals surface area (Å²) in [4.78, 5) is 12.4. The molecular formula is C24H35N7O. The van der Waals surface area contributed by atoms with Gasteiger partial charge in [0, 0.05) is 31.3 Å². The van der Waals surface area contributed by atoms with E-state index in [1.165, 1.54) is 31.2 Å². The first kappa shape index (κ1) is 21.4. The summed E-state index contributed by atoms with van der Waals surface area (Å²) >= 11 is 0. The second kappa shape index (κ2) is 9.19. The van der Waals surface area contributed by atoms with Crippen LogP contribution >= 0.6 is 0 Å². The van der Waals surface area contributed by atoms with E-state index in [2.05, 4.69) is 61.8 Å². The van der Waals surface area contributed by atoms with Crippen molar-refractivity contribution in [2.45, 2.75) is 83.1 Å². The molecule has 3 heterocycles. The highest BCUT2D eigenvalue weighted by atomic mass is 16.1. The molecule has 5 rings (SSSR count). The number of anilines is 1. The van der Waals surface area contributed by atoms with E-state index in [1.807, 2.05) is 18.2 Å². The molecule has 2 aliphatic heterocycles. The van der Waals surface area contributed by atoms with Gasteiger partial charge in [-0.25, -0.2) is 5.43 Å². The second-order valence-corrected chi connectivity index (χ2v) is 9.60. The van der Waals surface area contributed by atoms with Crippen LogP contribution in [-0.2, 0) is 11.2 Å². The third kappa shape index (κ3) is 4.13. The number of nitrogens with zero attached hydrogens (tertiary/aromatic N) is 4.